The number of piperidine rings is 1. The lowest BCUT2D eigenvalue weighted by Crippen LogP contribution is -2.34. The molecule has 0 spiro atoms. The molecule has 0 unspecified atom stereocenters. The molecule has 1 fully saturated rings. The van der Waals surface area contributed by atoms with Gasteiger partial charge in [0.25, 0.3) is 5.91 Å². The van der Waals surface area contributed by atoms with Crippen molar-refractivity contribution < 1.29 is 4.79 Å². The Morgan fingerprint density at radius 1 is 1.55 bits per heavy atom. The number of aromatic nitrogens is 2. The maximum absolute atomic E-state index is 12.1. The van der Waals surface area contributed by atoms with Crippen LogP contribution < -0.4 is 5.32 Å². The van der Waals surface area contributed by atoms with Gasteiger partial charge in [0.1, 0.15) is 0 Å². The number of hydrogen-bond donors (Lipinski definition) is 2. The van der Waals surface area contributed by atoms with Gasteiger partial charge in [0.2, 0.25) is 0 Å². The summed E-state index contributed by atoms with van der Waals surface area (Å²) in [4.78, 5) is 14.5. The first-order valence-corrected chi connectivity index (χ1v) is 7.62. The third-order valence-corrected chi connectivity index (χ3v) is 4.24. The Balaban J connectivity index is 1.78. The van der Waals surface area contributed by atoms with E-state index in [0.29, 0.717) is 11.6 Å². The normalized spacial score (nSPS) is 20.1. The number of rotatable bonds is 5. The number of aryl methyl sites for hydroxylation is 1. The van der Waals surface area contributed by atoms with Gasteiger partial charge >= 0.3 is 0 Å². The van der Waals surface area contributed by atoms with Crippen LogP contribution in [0.25, 0.3) is 0 Å². The Bertz CT molecular complexity index is 455. The standard InChI is InChI=1S/C15H26N4O/c1-4-13-11(2)14(18-17-13)15(20)16-8-7-12-6-5-9-19(3)10-12/h12H,4-10H2,1-3H3,(H,16,20)(H,17,18)/t12-/m1/s1. The second kappa shape index (κ2) is 6.88. The summed E-state index contributed by atoms with van der Waals surface area (Å²) in [6, 6.07) is 0. The van der Waals surface area contributed by atoms with Crippen molar-refractivity contribution >= 4 is 5.91 Å². The minimum absolute atomic E-state index is 0.0531. The molecule has 5 heteroatoms. The highest BCUT2D eigenvalue weighted by atomic mass is 16.1. The Labute approximate surface area is 121 Å². The van der Waals surface area contributed by atoms with Gasteiger partial charge in [0.05, 0.1) is 0 Å². The SMILES string of the molecule is CCc1[nH]nc(C(=O)NCC[C@H]2CCCN(C)C2)c1C. The molecule has 2 rings (SSSR count). The van der Waals surface area contributed by atoms with Crippen LogP contribution in [0.15, 0.2) is 0 Å². The van der Waals surface area contributed by atoms with E-state index in [4.69, 9.17) is 0 Å². The van der Waals surface area contributed by atoms with E-state index in [1.165, 1.54) is 19.4 Å². The topological polar surface area (TPSA) is 61.0 Å². The Kier molecular flexibility index (Phi) is 5.17. The summed E-state index contributed by atoms with van der Waals surface area (Å²) in [5, 5.41) is 10.1. The molecule has 20 heavy (non-hydrogen) atoms. The first kappa shape index (κ1) is 15.0. The lowest BCUT2D eigenvalue weighted by molar-refractivity contribution is 0.0942. The zero-order valence-corrected chi connectivity index (χ0v) is 12.8. The highest BCUT2D eigenvalue weighted by molar-refractivity contribution is 5.93. The predicted octanol–water partition coefficient (Wildman–Crippen LogP) is 1.74. The molecule has 1 aromatic rings. The molecule has 1 aliphatic rings. The fourth-order valence-corrected chi connectivity index (χ4v) is 2.98. The largest absolute Gasteiger partial charge is 0.351 e. The fraction of sp³-hybridized carbons (Fsp3) is 0.733. The monoisotopic (exact) mass is 278 g/mol. The molecule has 1 aromatic heterocycles. The van der Waals surface area contributed by atoms with E-state index >= 15 is 0 Å². The number of hydrogen-bond acceptors (Lipinski definition) is 3. The van der Waals surface area contributed by atoms with Crippen LogP contribution in [-0.2, 0) is 6.42 Å². The average Bonchev–Trinajstić information content (AvgIpc) is 2.80. The number of nitrogens with zero attached hydrogens (tertiary/aromatic N) is 2. The Morgan fingerprint density at radius 3 is 3.00 bits per heavy atom. The molecule has 5 nitrogen and oxygen atoms in total. The summed E-state index contributed by atoms with van der Waals surface area (Å²) in [7, 11) is 2.17. The van der Waals surface area contributed by atoms with E-state index < -0.39 is 0 Å². The molecule has 0 radical (unpaired) electrons. The average molecular weight is 278 g/mol. The van der Waals surface area contributed by atoms with Gasteiger partial charge < -0.3 is 10.2 Å². The number of amides is 1. The van der Waals surface area contributed by atoms with Crippen LogP contribution in [0.1, 0.15) is 47.9 Å². The molecule has 0 aliphatic carbocycles. The number of H-pyrrole nitrogens is 1. The van der Waals surface area contributed by atoms with Gasteiger partial charge in [-0.1, -0.05) is 6.92 Å². The van der Waals surface area contributed by atoms with Gasteiger partial charge in [-0.3, -0.25) is 9.89 Å². The molecule has 112 valence electrons. The van der Waals surface area contributed by atoms with Crippen molar-refractivity contribution in [3.8, 4) is 0 Å². The van der Waals surface area contributed by atoms with Gasteiger partial charge in [0, 0.05) is 24.3 Å². The lowest BCUT2D eigenvalue weighted by atomic mass is 9.95. The van der Waals surface area contributed by atoms with Crippen molar-refractivity contribution in [2.45, 2.75) is 39.5 Å². The molecule has 1 aliphatic heterocycles. The van der Waals surface area contributed by atoms with E-state index in [2.05, 4.69) is 34.4 Å². The van der Waals surface area contributed by atoms with Crippen LogP contribution >= 0.6 is 0 Å². The lowest BCUT2D eigenvalue weighted by Gasteiger charge is -2.29. The zero-order valence-electron chi connectivity index (χ0n) is 12.8. The molecule has 0 aromatic carbocycles. The summed E-state index contributed by atoms with van der Waals surface area (Å²) in [5.74, 6) is 0.656. The molecule has 2 N–H and O–H groups in total. The third-order valence-electron chi connectivity index (χ3n) is 4.24. The molecule has 1 atom stereocenters. The Morgan fingerprint density at radius 2 is 2.35 bits per heavy atom. The second-order valence-corrected chi connectivity index (χ2v) is 5.84. The molecule has 0 bridgehead atoms. The maximum atomic E-state index is 12.1. The highest BCUT2D eigenvalue weighted by Crippen LogP contribution is 2.17. The van der Waals surface area contributed by atoms with Gasteiger partial charge in [0.15, 0.2) is 5.69 Å². The molecular weight excluding hydrogens is 252 g/mol. The number of carbonyl (C=O) groups is 1. The molecule has 1 amide bonds. The zero-order chi connectivity index (χ0) is 14.5. The molecule has 2 heterocycles. The first-order chi connectivity index (χ1) is 9.61. The third kappa shape index (κ3) is 3.60. The van der Waals surface area contributed by atoms with Crippen LogP contribution in [0, 0.1) is 12.8 Å². The summed E-state index contributed by atoms with van der Waals surface area (Å²) in [6.07, 6.45) is 4.48. The van der Waals surface area contributed by atoms with Crippen LogP contribution in [-0.4, -0.2) is 47.7 Å². The maximum Gasteiger partial charge on any atom is 0.272 e. The number of aromatic amines is 1. The minimum Gasteiger partial charge on any atom is -0.351 e. The Hall–Kier alpha value is -1.36. The molecule has 0 saturated carbocycles. The summed E-state index contributed by atoms with van der Waals surface area (Å²) >= 11 is 0. The molecular formula is C15H26N4O. The van der Waals surface area contributed by atoms with Crippen molar-refractivity contribution in [3.63, 3.8) is 0 Å². The van der Waals surface area contributed by atoms with E-state index in [1.54, 1.807) is 0 Å². The number of nitrogens with one attached hydrogen (secondary N) is 2. The second-order valence-electron chi connectivity index (χ2n) is 5.84. The fourth-order valence-electron chi connectivity index (χ4n) is 2.98. The van der Waals surface area contributed by atoms with E-state index in [1.807, 2.05) is 6.92 Å². The van der Waals surface area contributed by atoms with Gasteiger partial charge in [-0.25, -0.2) is 0 Å². The highest BCUT2D eigenvalue weighted by Gasteiger charge is 2.18. The summed E-state index contributed by atoms with van der Waals surface area (Å²) in [6.45, 7) is 7.10. The quantitative estimate of drug-likeness (QED) is 0.862. The summed E-state index contributed by atoms with van der Waals surface area (Å²) in [5.41, 5.74) is 2.56. The van der Waals surface area contributed by atoms with Crippen molar-refractivity contribution in [3.05, 3.63) is 17.0 Å². The van der Waals surface area contributed by atoms with Crippen molar-refractivity contribution in [1.82, 2.24) is 20.4 Å². The van der Waals surface area contributed by atoms with Crippen molar-refractivity contribution in [2.24, 2.45) is 5.92 Å². The number of carbonyl (C=O) groups excluding carboxylic acids is 1. The first-order valence-electron chi connectivity index (χ1n) is 7.62. The predicted molar refractivity (Wildman–Crippen MR) is 79.9 cm³/mol. The van der Waals surface area contributed by atoms with Crippen LogP contribution in [0.5, 0.6) is 0 Å². The van der Waals surface area contributed by atoms with Gasteiger partial charge in [-0.15, -0.1) is 0 Å². The van der Waals surface area contributed by atoms with Crippen LogP contribution in [0.3, 0.4) is 0 Å². The van der Waals surface area contributed by atoms with E-state index in [-0.39, 0.29) is 5.91 Å². The van der Waals surface area contributed by atoms with Crippen LogP contribution in [0.4, 0.5) is 0 Å². The summed E-state index contributed by atoms with van der Waals surface area (Å²) < 4.78 is 0. The van der Waals surface area contributed by atoms with E-state index in [0.717, 1.165) is 37.2 Å². The van der Waals surface area contributed by atoms with Gasteiger partial charge in [-0.2, -0.15) is 5.10 Å². The minimum atomic E-state index is -0.0531. The van der Waals surface area contributed by atoms with Crippen molar-refractivity contribution in [2.75, 3.05) is 26.7 Å². The van der Waals surface area contributed by atoms with E-state index in [9.17, 15) is 4.79 Å². The number of likely N-dealkylation sites (tertiary alicyclic amines) is 1. The van der Waals surface area contributed by atoms with Crippen LogP contribution in [0.2, 0.25) is 0 Å². The van der Waals surface area contributed by atoms with Crippen molar-refractivity contribution in [1.29, 1.82) is 0 Å². The van der Waals surface area contributed by atoms with Gasteiger partial charge in [-0.05, 0) is 52.1 Å². The smallest absolute Gasteiger partial charge is 0.272 e. The molecule has 1 saturated heterocycles.